The summed E-state index contributed by atoms with van der Waals surface area (Å²) in [6, 6.07) is -0.462. The smallest absolute Gasteiger partial charge is 0.246 e. The van der Waals surface area contributed by atoms with Gasteiger partial charge in [0.05, 0.1) is 0 Å². The van der Waals surface area contributed by atoms with E-state index in [1.165, 1.54) is 7.11 Å². The predicted molar refractivity (Wildman–Crippen MR) is 86.5 cm³/mol. The zero-order chi connectivity index (χ0) is 16.5. The lowest BCUT2D eigenvalue weighted by molar-refractivity contribution is -0.139. The molecule has 1 fully saturated rings. The molecule has 0 radical (unpaired) electrons. The van der Waals surface area contributed by atoms with Gasteiger partial charge >= 0.3 is 0 Å². The highest BCUT2D eigenvalue weighted by atomic mass is 16.5. The monoisotopic (exact) mass is 313 g/mol. The van der Waals surface area contributed by atoms with Gasteiger partial charge in [-0.1, -0.05) is 13.8 Å². The fourth-order valence-electron chi connectivity index (χ4n) is 2.85. The molecule has 128 valence electrons. The molecule has 2 amide bonds. The van der Waals surface area contributed by atoms with E-state index < -0.39 is 6.04 Å². The van der Waals surface area contributed by atoms with Gasteiger partial charge in [0, 0.05) is 20.2 Å². The number of rotatable bonds is 8. The van der Waals surface area contributed by atoms with Crippen molar-refractivity contribution in [1.29, 1.82) is 0 Å². The summed E-state index contributed by atoms with van der Waals surface area (Å²) in [4.78, 5) is 26.3. The molecule has 0 aliphatic carbocycles. The molecule has 1 saturated heterocycles. The summed E-state index contributed by atoms with van der Waals surface area (Å²) in [7, 11) is 3.44. The summed E-state index contributed by atoms with van der Waals surface area (Å²) in [5, 5.41) is 5.97. The Morgan fingerprint density at radius 3 is 2.41 bits per heavy atom. The van der Waals surface area contributed by atoms with E-state index >= 15 is 0 Å². The van der Waals surface area contributed by atoms with Crippen molar-refractivity contribution in [1.82, 2.24) is 15.5 Å². The molecule has 2 N–H and O–H groups in total. The first-order valence-corrected chi connectivity index (χ1v) is 8.21. The molecular weight excluding hydrogens is 282 g/mol. The van der Waals surface area contributed by atoms with Gasteiger partial charge in [-0.05, 0) is 44.7 Å². The SMILES string of the molecule is CNCCC1CCN(C(=O)[C@@H](NC(=O)COC)C(C)C)CC1. The van der Waals surface area contributed by atoms with E-state index in [0.29, 0.717) is 5.92 Å². The number of nitrogens with zero attached hydrogens (tertiary/aromatic N) is 1. The first-order valence-electron chi connectivity index (χ1n) is 8.21. The van der Waals surface area contributed by atoms with Crippen LogP contribution in [-0.2, 0) is 14.3 Å². The summed E-state index contributed by atoms with van der Waals surface area (Å²) in [6.07, 6.45) is 3.26. The van der Waals surface area contributed by atoms with Crippen molar-refractivity contribution in [3.63, 3.8) is 0 Å². The summed E-state index contributed by atoms with van der Waals surface area (Å²) >= 11 is 0. The Kier molecular flexibility index (Phi) is 8.42. The fraction of sp³-hybridized carbons (Fsp3) is 0.875. The standard InChI is InChI=1S/C16H31N3O3/c1-12(2)15(18-14(20)11-22-4)16(21)19-9-6-13(7-10-19)5-8-17-3/h12-13,15,17H,5-11H2,1-4H3,(H,18,20)/t15-/m0/s1. The molecule has 6 nitrogen and oxygen atoms in total. The van der Waals surface area contributed by atoms with Crippen molar-refractivity contribution in [3.05, 3.63) is 0 Å². The second kappa shape index (κ2) is 9.79. The number of likely N-dealkylation sites (tertiary alicyclic amines) is 1. The van der Waals surface area contributed by atoms with Gasteiger partial charge < -0.3 is 20.3 Å². The van der Waals surface area contributed by atoms with E-state index in [1.54, 1.807) is 0 Å². The minimum absolute atomic E-state index is 0.0113. The number of ether oxygens (including phenoxy) is 1. The first kappa shape index (κ1) is 18.9. The molecule has 0 unspecified atom stereocenters. The molecule has 0 saturated carbocycles. The van der Waals surface area contributed by atoms with E-state index in [0.717, 1.165) is 38.9 Å². The number of hydrogen-bond acceptors (Lipinski definition) is 4. The fourth-order valence-corrected chi connectivity index (χ4v) is 2.85. The Bertz CT molecular complexity index is 353. The second-order valence-corrected chi connectivity index (χ2v) is 6.38. The van der Waals surface area contributed by atoms with Crippen LogP contribution in [0.3, 0.4) is 0 Å². The third kappa shape index (κ3) is 5.93. The molecule has 0 aromatic rings. The minimum Gasteiger partial charge on any atom is -0.375 e. The number of methoxy groups -OCH3 is 1. The third-order valence-electron chi connectivity index (χ3n) is 4.25. The molecule has 0 spiro atoms. The lowest BCUT2D eigenvalue weighted by Gasteiger charge is -2.35. The zero-order valence-corrected chi connectivity index (χ0v) is 14.4. The van der Waals surface area contributed by atoms with Crippen LogP contribution >= 0.6 is 0 Å². The van der Waals surface area contributed by atoms with Crippen molar-refractivity contribution in [2.75, 3.05) is 40.4 Å². The van der Waals surface area contributed by atoms with Crippen molar-refractivity contribution < 1.29 is 14.3 Å². The lowest BCUT2D eigenvalue weighted by atomic mass is 9.92. The van der Waals surface area contributed by atoms with E-state index in [2.05, 4.69) is 10.6 Å². The highest BCUT2D eigenvalue weighted by molar-refractivity contribution is 5.88. The molecule has 1 rings (SSSR count). The summed E-state index contributed by atoms with van der Waals surface area (Å²) in [6.45, 7) is 6.50. The van der Waals surface area contributed by atoms with Gasteiger partial charge in [0.25, 0.3) is 0 Å². The van der Waals surface area contributed by atoms with Crippen LogP contribution in [0.2, 0.25) is 0 Å². The van der Waals surface area contributed by atoms with Crippen molar-refractivity contribution in [3.8, 4) is 0 Å². The average Bonchev–Trinajstić information content (AvgIpc) is 2.50. The number of nitrogens with one attached hydrogen (secondary N) is 2. The molecule has 0 bridgehead atoms. The Hall–Kier alpha value is -1.14. The molecule has 1 heterocycles. The summed E-state index contributed by atoms with van der Waals surface area (Å²) in [5.74, 6) is 0.553. The van der Waals surface area contributed by atoms with Gasteiger partial charge in [0.15, 0.2) is 0 Å². The second-order valence-electron chi connectivity index (χ2n) is 6.38. The quantitative estimate of drug-likeness (QED) is 0.689. The van der Waals surface area contributed by atoms with E-state index in [9.17, 15) is 9.59 Å². The maximum absolute atomic E-state index is 12.7. The first-order chi connectivity index (χ1) is 10.5. The van der Waals surface area contributed by atoms with Crippen LogP contribution < -0.4 is 10.6 Å². The van der Waals surface area contributed by atoms with Crippen LogP contribution in [0, 0.1) is 11.8 Å². The largest absolute Gasteiger partial charge is 0.375 e. The van der Waals surface area contributed by atoms with Crippen molar-refractivity contribution in [2.45, 2.75) is 39.2 Å². The van der Waals surface area contributed by atoms with Gasteiger partial charge in [-0.15, -0.1) is 0 Å². The Balaban J connectivity index is 2.51. The maximum atomic E-state index is 12.7. The van der Waals surface area contributed by atoms with Crippen LogP contribution in [0.1, 0.15) is 33.1 Å². The normalized spacial score (nSPS) is 17.6. The molecule has 22 heavy (non-hydrogen) atoms. The van der Waals surface area contributed by atoms with E-state index in [1.807, 2.05) is 25.8 Å². The van der Waals surface area contributed by atoms with E-state index in [4.69, 9.17) is 4.74 Å². The predicted octanol–water partition coefficient (Wildman–Crippen LogP) is 0.622. The number of piperidine rings is 1. The molecule has 1 aliphatic heterocycles. The topological polar surface area (TPSA) is 70.7 Å². The van der Waals surface area contributed by atoms with Gasteiger partial charge in [-0.25, -0.2) is 0 Å². The minimum atomic E-state index is -0.462. The third-order valence-corrected chi connectivity index (χ3v) is 4.25. The van der Waals surface area contributed by atoms with Crippen LogP contribution in [0.5, 0.6) is 0 Å². The molecule has 1 aliphatic rings. The van der Waals surface area contributed by atoms with Gasteiger partial charge in [-0.3, -0.25) is 9.59 Å². The average molecular weight is 313 g/mol. The number of carbonyl (C=O) groups excluding carboxylic acids is 2. The highest BCUT2D eigenvalue weighted by Crippen LogP contribution is 2.21. The van der Waals surface area contributed by atoms with Crippen LogP contribution in [0.15, 0.2) is 0 Å². The van der Waals surface area contributed by atoms with Gasteiger partial charge in [0.2, 0.25) is 11.8 Å². The van der Waals surface area contributed by atoms with E-state index in [-0.39, 0.29) is 24.3 Å². The molecule has 0 aromatic heterocycles. The molecule has 6 heteroatoms. The number of amides is 2. The Labute approximate surface area is 134 Å². The highest BCUT2D eigenvalue weighted by Gasteiger charge is 2.30. The summed E-state index contributed by atoms with van der Waals surface area (Å²) in [5.41, 5.74) is 0. The molecule has 1 atom stereocenters. The number of carbonyl (C=O) groups is 2. The van der Waals surface area contributed by atoms with Crippen LogP contribution in [0.4, 0.5) is 0 Å². The lowest BCUT2D eigenvalue weighted by Crippen LogP contribution is -2.53. The van der Waals surface area contributed by atoms with Gasteiger partial charge in [-0.2, -0.15) is 0 Å². The van der Waals surface area contributed by atoms with Crippen molar-refractivity contribution in [2.24, 2.45) is 11.8 Å². The van der Waals surface area contributed by atoms with Crippen molar-refractivity contribution >= 4 is 11.8 Å². The van der Waals surface area contributed by atoms with Crippen LogP contribution in [0.25, 0.3) is 0 Å². The Morgan fingerprint density at radius 2 is 1.91 bits per heavy atom. The summed E-state index contributed by atoms with van der Waals surface area (Å²) < 4.78 is 4.82. The van der Waals surface area contributed by atoms with Crippen LogP contribution in [-0.4, -0.2) is 63.2 Å². The number of hydrogen-bond donors (Lipinski definition) is 2. The maximum Gasteiger partial charge on any atom is 0.246 e. The Morgan fingerprint density at radius 1 is 1.27 bits per heavy atom. The molecular formula is C16H31N3O3. The molecule has 0 aromatic carbocycles. The zero-order valence-electron chi connectivity index (χ0n) is 14.4. The van der Waals surface area contributed by atoms with Gasteiger partial charge in [0.1, 0.15) is 12.6 Å².